The highest BCUT2D eigenvalue weighted by molar-refractivity contribution is 5.91. The van der Waals surface area contributed by atoms with Crippen LogP contribution in [0, 0.1) is 29.1 Å². The summed E-state index contributed by atoms with van der Waals surface area (Å²) in [4.78, 5) is 11.8. The molecule has 1 N–H and O–H groups in total. The Kier molecular flexibility index (Phi) is 3.05. The maximum Gasteiger partial charge on any atom is 0.155 e. The molecule has 0 aromatic carbocycles. The number of ketones is 1. The number of aliphatic hydroxyl groups is 1. The van der Waals surface area contributed by atoms with E-state index < -0.39 is 5.60 Å². The molecule has 0 bridgehead atoms. The van der Waals surface area contributed by atoms with Gasteiger partial charge in [-0.15, -0.1) is 0 Å². The molecule has 2 heteroatoms. The molecule has 4 aliphatic carbocycles. The smallest absolute Gasteiger partial charge is 0.155 e. The third kappa shape index (κ3) is 1.99. The lowest BCUT2D eigenvalue weighted by molar-refractivity contribution is -0.116. The SMILES string of the molecule is CC1C=C2[C@H]3[C@H](CC[C@]2(C)C1)[C@H]1CCC(=O)C=C1CC3(C)O. The maximum atomic E-state index is 11.8. The largest absolute Gasteiger partial charge is 0.389 e. The van der Waals surface area contributed by atoms with Gasteiger partial charge in [-0.2, -0.15) is 0 Å². The van der Waals surface area contributed by atoms with Gasteiger partial charge in [0.05, 0.1) is 5.60 Å². The Hall–Kier alpha value is -0.890. The number of hydrogen-bond donors (Lipinski definition) is 1. The predicted molar refractivity (Wildman–Crippen MR) is 87.2 cm³/mol. The summed E-state index contributed by atoms with van der Waals surface area (Å²) >= 11 is 0. The van der Waals surface area contributed by atoms with Crippen molar-refractivity contribution in [3.63, 3.8) is 0 Å². The Labute approximate surface area is 133 Å². The molecule has 0 amide bonds. The minimum Gasteiger partial charge on any atom is -0.389 e. The Morgan fingerprint density at radius 1 is 1.27 bits per heavy atom. The van der Waals surface area contributed by atoms with Crippen LogP contribution in [0.2, 0.25) is 0 Å². The molecule has 2 saturated carbocycles. The van der Waals surface area contributed by atoms with Gasteiger partial charge >= 0.3 is 0 Å². The number of allylic oxidation sites excluding steroid dienone is 2. The van der Waals surface area contributed by atoms with E-state index in [1.807, 2.05) is 13.0 Å². The van der Waals surface area contributed by atoms with E-state index in [2.05, 4.69) is 19.9 Å². The Bertz CT molecular complexity index is 583. The highest BCUT2D eigenvalue weighted by atomic mass is 16.3. The average Bonchev–Trinajstić information content (AvgIpc) is 2.71. The second-order valence-corrected chi connectivity index (χ2v) is 8.91. The molecule has 22 heavy (non-hydrogen) atoms. The Morgan fingerprint density at radius 2 is 2.05 bits per heavy atom. The van der Waals surface area contributed by atoms with Crippen LogP contribution >= 0.6 is 0 Å². The number of carbonyl (C=O) groups is 1. The van der Waals surface area contributed by atoms with E-state index in [1.165, 1.54) is 30.4 Å². The van der Waals surface area contributed by atoms with Crippen molar-refractivity contribution in [2.45, 2.75) is 64.9 Å². The van der Waals surface area contributed by atoms with Gasteiger partial charge < -0.3 is 5.11 Å². The summed E-state index contributed by atoms with van der Waals surface area (Å²) in [5.74, 6) is 2.26. The molecule has 0 heterocycles. The highest BCUT2D eigenvalue weighted by Crippen LogP contribution is 2.62. The van der Waals surface area contributed by atoms with Crippen LogP contribution in [0.25, 0.3) is 0 Å². The minimum atomic E-state index is -0.692. The first-order valence-corrected chi connectivity index (χ1v) is 8.98. The second kappa shape index (κ2) is 4.56. The first kappa shape index (κ1) is 14.7. The molecule has 0 saturated heterocycles. The average molecular weight is 300 g/mol. The van der Waals surface area contributed by atoms with Crippen LogP contribution in [0.1, 0.15) is 59.3 Å². The van der Waals surface area contributed by atoms with Crippen molar-refractivity contribution in [3.8, 4) is 0 Å². The zero-order chi connectivity index (χ0) is 15.7. The molecule has 0 aromatic heterocycles. The lowest BCUT2D eigenvalue weighted by Crippen LogP contribution is -2.53. The van der Waals surface area contributed by atoms with Crippen molar-refractivity contribution in [2.24, 2.45) is 29.1 Å². The molecule has 0 aliphatic heterocycles. The van der Waals surface area contributed by atoms with Gasteiger partial charge in [0.25, 0.3) is 0 Å². The van der Waals surface area contributed by atoms with E-state index in [-0.39, 0.29) is 5.78 Å². The molecule has 6 atom stereocenters. The topological polar surface area (TPSA) is 37.3 Å². The molecular weight excluding hydrogens is 272 g/mol. The standard InChI is InChI=1S/C20H28O2/c1-12-8-17-18-16(6-7-19(17,2)10-12)15-5-4-14(21)9-13(15)11-20(18,3)22/h8-9,12,15-16,18,22H,4-7,10-11H2,1-3H3/t12?,15-,16+,18+,19+,20?/m0/s1. The van der Waals surface area contributed by atoms with Crippen molar-refractivity contribution >= 4 is 5.78 Å². The van der Waals surface area contributed by atoms with Gasteiger partial charge in [-0.1, -0.05) is 31.1 Å². The summed E-state index contributed by atoms with van der Waals surface area (Å²) in [5, 5.41) is 11.2. The van der Waals surface area contributed by atoms with Crippen molar-refractivity contribution in [1.82, 2.24) is 0 Å². The van der Waals surface area contributed by atoms with Crippen LogP contribution in [0.15, 0.2) is 23.3 Å². The molecule has 0 radical (unpaired) electrons. The van der Waals surface area contributed by atoms with Crippen molar-refractivity contribution in [2.75, 3.05) is 0 Å². The quantitative estimate of drug-likeness (QED) is 0.685. The van der Waals surface area contributed by atoms with Crippen molar-refractivity contribution in [3.05, 3.63) is 23.3 Å². The van der Waals surface area contributed by atoms with Gasteiger partial charge in [0, 0.05) is 12.3 Å². The lowest BCUT2D eigenvalue weighted by atomic mass is 9.50. The molecule has 4 aliphatic rings. The zero-order valence-corrected chi connectivity index (χ0v) is 14.1. The van der Waals surface area contributed by atoms with Crippen molar-refractivity contribution in [1.29, 1.82) is 0 Å². The fourth-order valence-electron chi connectivity index (χ4n) is 6.30. The number of carbonyl (C=O) groups excluding carboxylic acids is 1. The fraction of sp³-hybridized carbons (Fsp3) is 0.750. The second-order valence-electron chi connectivity index (χ2n) is 8.91. The first-order chi connectivity index (χ1) is 10.3. The van der Waals surface area contributed by atoms with Crippen LogP contribution in [0.3, 0.4) is 0 Å². The highest BCUT2D eigenvalue weighted by Gasteiger charge is 2.56. The molecule has 120 valence electrons. The summed E-state index contributed by atoms with van der Waals surface area (Å²) < 4.78 is 0. The molecule has 2 unspecified atom stereocenters. The van der Waals surface area contributed by atoms with Gasteiger partial charge in [-0.05, 0) is 68.3 Å². The molecule has 2 fully saturated rings. The molecule has 2 nitrogen and oxygen atoms in total. The van der Waals surface area contributed by atoms with Crippen LogP contribution in [-0.2, 0) is 4.79 Å². The van der Waals surface area contributed by atoms with E-state index in [1.54, 1.807) is 0 Å². The monoisotopic (exact) mass is 300 g/mol. The van der Waals surface area contributed by atoms with E-state index >= 15 is 0 Å². The van der Waals surface area contributed by atoms with E-state index in [0.717, 1.165) is 6.42 Å². The summed E-state index contributed by atoms with van der Waals surface area (Å²) in [6, 6.07) is 0. The lowest BCUT2D eigenvalue weighted by Gasteiger charge is -2.56. The van der Waals surface area contributed by atoms with E-state index in [0.29, 0.717) is 41.9 Å². The summed E-state index contributed by atoms with van der Waals surface area (Å²) in [7, 11) is 0. The molecule has 4 rings (SSSR count). The minimum absolute atomic E-state index is 0.259. The summed E-state index contributed by atoms with van der Waals surface area (Å²) in [5.41, 5.74) is 2.38. The number of fused-ring (bicyclic) bond motifs is 5. The number of rotatable bonds is 0. The molecule has 0 aromatic rings. The maximum absolute atomic E-state index is 11.8. The van der Waals surface area contributed by atoms with Gasteiger partial charge in [0.2, 0.25) is 0 Å². The molecular formula is C20H28O2. The van der Waals surface area contributed by atoms with Crippen LogP contribution in [0.4, 0.5) is 0 Å². The van der Waals surface area contributed by atoms with E-state index in [4.69, 9.17) is 0 Å². The Balaban J connectivity index is 1.78. The third-order valence-electron chi connectivity index (χ3n) is 7.00. The van der Waals surface area contributed by atoms with E-state index in [9.17, 15) is 9.90 Å². The normalized spacial score (nSPS) is 50.6. The summed E-state index contributed by atoms with van der Waals surface area (Å²) in [6.07, 6.45) is 10.4. The fourth-order valence-corrected chi connectivity index (χ4v) is 6.30. The van der Waals surface area contributed by atoms with Crippen molar-refractivity contribution < 1.29 is 9.90 Å². The van der Waals surface area contributed by atoms with Gasteiger partial charge in [-0.25, -0.2) is 0 Å². The van der Waals surface area contributed by atoms with Gasteiger partial charge in [0.15, 0.2) is 5.78 Å². The summed E-state index contributed by atoms with van der Waals surface area (Å²) in [6.45, 7) is 6.73. The molecule has 0 spiro atoms. The Morgan fingerprint density at radius 3 is 2.82 bits per heavy atom. The van der Waals surface area contributed by atoms with Gasteiger partial charge in [-0.3, -0.25) is 4.79 Å². The first-order valence-electron chi connectivity index (χ1n) is 8.98. The number of hydrogen-bond acceptors (Lipinski definition) is 2. The third-order valence-corrected chi connectivity index (χ3v) is 7.00. The van der Waals surface area contributed by atoms with Crippen LogP contribution in [0.5, 0.6) is 0 Å². The zero-order valence-electron chi connectivity index (χ0n) is 14.1. The van der Waals surface area contributed by atoms with Crippen LogP contribution < -0.4 is 0 Å². The van der Waals surface area contributed by atoms with Crippen LogP contribution in [-0.4, -0.2) is 16.5 Å². The van der Waals surface area contributed by atoms with Gasteiger partial charge in [0.1, 0.15) is 0 Å². The predicted octanol–water partition coefficient (Wildman–Crippen LogP) is 4.05.